The molecule has 1 saturated heterocycles. The van der Waals surface area contributed by atoms with E-state index in [4.69, 9.17) is 5.73 Å². The van der Waals surface area contributed by atoms with E-state index in [1.807, 2.05) is 6.92 Å². The van der Waals surface area contributed by atoms with Crippen LogP contribution in [0.3, 0.4) is 0 Å². The first kappa shape index (κ1) is 16.5. The van der Waals surface area contributed by atoms with Crippen LogP contribution in [0.4, 0.5) is 5.69 Å². The maximum absolute atomic E-state index is 12.4. The predicted molar refractivity (Wildman–Crippen MR) is 87.6 cm³/mol. The van der Waals surface area contributed by atoms with Crippen molar-refractivity contribution in [3.63, 3.8) is 0 Å². The highest BCUT2D eigenvalue weighted by molar-refractivity contribution is 5.96. The summed E-state index contributed by atoms with van der Waals surface area (Å²) in [7, 11) is 0. The monoisotopic (exact) mass is 303 g/mol. The summed E-state index contributed by atoms with van der Waals surface area (Å²) in [5, 5.41) is 2.90. The summed E-state index contributed by atoms with van der Waals surface area (Å²) in [5.74, 6) is 0.748. The van der Waals surface area contributed by atoms with Gasteiger partial charge in [-0.15, -0.1) is 0 Å². The third kappa shape index (κ3) is 4.07. The summed E-state index contributed by atoms with van der Waals surface area (Å²) in [5.41, 5.74) is 6.32. The van der Waals surface area contributed by atoms with Gasteiger partial charge in [0.25, 0.3) is 0 Å². The molecule has 0 aliphatic carbocycles. The lowest BCUT2D eigenvalue weighted by Gasteiger charge is -2.38. The molecule has 0 saturated carbocycles. The van der Waals surface area contributed by atoms with Crippen LogP contribution in [0.1, 0.15) is 37.6 Å². The third-order valence-corrected chi connectivity index (χ3v) is 4.26. The summed E-state index contributed by atoms with van der Waals surface area (Å²) in [6.45, 7) is 8.32. The minimum atomic E-state index is -0.470. The Balaban J connectivity index is 1.97. The minimum Gasteiger partial charge on any atom is -0.366 e. The Kier molecular flexibility index (Phi) is 5.19. The molecule has 22 heavy (non-hydrogen) atoms. The zero-order valence-corrected chi connectivity index (χ0v) is 13.5. The van der Waals surface area contributed by atoms with Gasteiger partial charge in [0.1, 0.15) is 0 Å². The van der Waals surface area contributed by atoms with Crippen LogP contribution in [0, 0.1) is 11.8 Å². The van der Waals surface area contributed by atoms with E-state index in [9.17, 15) is 9.59 Å². The molecule has 1 aromatic carbocycles. The molecule has 0 spiro atoms. The number of piperidine rings is 1. The summed E-state index contributed by atoms with van der Waals surface area (Å²) in [6.07, 6.45) is 1.22. The van der Waals surface area contributed by atoms with E-state index in [0.717, 1.165) is 13.1 Å². The molecule has 0 radical (unpaired) electrons. The maximum atomic E-state index is 12.4. The van der Waals surface area contributed by atoms with Crippen molar-refractivity contribution in [1.29, 1.82) is 0 Å². The molecular formula is C17H25N3O2. The Bertz CT molecular complexity index is 531. The molecule has 1 aliphatic rings. The van der Waals surface area contributed by atoms with E-state index in [-0.39, 0.29) is 11.9 Å². The van der Waals surface area contributed by atoms with Gasteiger partial charge in [0.05, 0.1) is 6.04 Å². The van der Waals surface area contributed by atoms with Gasteiger partial charge in [0.15, 0.2) is 0 Å². The number of anilines is 1. The zero-order chi connectivity index (χ0) is 16.3. The fourth-order valence-corrected chi connectivity index (χ4v) is 3.16. The van der Waals surface area contributed by atoms with Crippen molar-refractivity contribution >= 4 is 17.5 Å². The number of nitrogens with two attached hydrogens (primary N) is 1. The number of nitrogens with zero attached hydrogens (tertiary/aromatic N) is 1. The normalized spacial score (nSPS) is 23.8. The highest BCUT2D eigenvalue weighted by Gasteiger charge is 2.28. The topological polar surface area (TPSA) is 75.4 Å². The first-order valence-corrected chi connectivity index (χ1v) is 7.81. The van der Waals surface area contributed by atoms with Gasteiger partial charge in [-0.3, -0.25) is 14.5 Å². The molecule has 5 heteroatoms. The second-order valence-corrected chi connectivity index (χ2v) is 6.51. The molecule has 0 bridgehead atoms. The van der Waals surface area contributed by atoms with E-state index < -0.39 is 5.91 Å². The number of carbonyl (C=O) groups excluding carboxylic acids is 2. The van der Waals surface area contributed by atoms with Crippen LogP contribution < -0.4 is 11.1 Å². The van der Waals surface area contributed by atoms with Gasteiger partial charge in [-0.2, -0.15) is 0 Å². The predicted octanol–water partition coefficient (Wildman–Crippen LogP) is 2.09. The van der Waals surface area contributed by atoms with Crippen LogP contribution in [-0.4, -0.2) is 35.8 Å². The quantitative estimate of drug-likeness (QED) is 0.894. The molecule has 0 aromatic heterocycles. The molecule has 0 unspecified atom stereocenters. The van der Waals surface area contributed by atoms with E-state index >= 15 is 0 Å². The van der Waals surface area contributed by atoms with E-state index in [1.165, 1.54) is 6.42 Å². The van der Waals surface area contributed by atoms with Gasteiger partial charge in [-0.1, -0.05) is 13.8 Å². The fourth-order valence-electron chi connectivity index (χ4n) is 3.16. The summed E-state index contributed by atoms with van der Waals surface area (Å²) >= 11 is 0. The zero-order valence-electron chi connectivity index (χ0n) is 13.5. The van der Waals surface area contributed by atoms with Crippen molar-refractivity contribution < 1.29 is 9.59 Å². The van der Waals surface area contributed by atoms with Crippen molar-refractivity contribution in [3.05, 3.63) is 29.8 Å². The molecule has 120 valence electrons. The van der Waals surface area contributed by atoms with Crippen LogP contribution >= 0.6 is 0 Å². The number of primary amides is 1. The molecule has 2 amide bonds. The highest BCUT2D eigenvalue weighted by Crippen LogP contribution is 2.23. The van der Waals surface area contributed by atoms with Gasteiger partial charge < -0.3 is 11.1 Å². The smallest absolute Gasteiger partial charge is 0.248 e. The lowest BCUT2D eigenvalue weighted by Crippen LogP contribution is -2.48. The van der Waals surface area contributed by atoms with E-state index in [2.05, 4.69) is 24.1 Å². The van der Waals surface area contributed by atoms with Crippen LogP contribution in [0.15, 0.2) is 24.3 Å². The lowest BCUT2D eigenvalue weighted by molar-refractivity contribution is -0.121. The van der Waals surface area contributed by atoms with Gasteiger partial charge in [-0.25, -0.2) is 0 Å². The number of nitrogens with one attached hydrogen (secondary N) is 1. The van der Waals surface area contributed by atoms with Crippen LogP contribution in [-0.2, 0) is 4.79 Å². The maximum Gasteiger partial charge on any atom is 0.248 e. The lowest BCUT2D eigenvalue weighted by atomic mass is 9.91. The third-order valence-electron chi connectivity index (χ3n) is 4.26. The van der Waals surface area contributed by atoms with Crippen LogP contribution in [0.5, 0.6) is 0 Å². The number of benzene rings is 1. The van der Waals surface area contributed by atoms with Gasteiger partial charge in [0.2, 0.25) is 11.8 Å². The van der Waals surface area contributed by atoms with Crippen molar-refractivity contribution in [2.45, 2.75) is 33.2 Å². The summed E-state index contributed by atoms with van der Waals surface area (Å²) < 4.78 is 0. The average Bonchev–Trinajstić information content (AvgIpc) is 2.46. The molecule has 1 aromatic rings. The Morgan fingerprint density at radius 2 is 1.73 bits per heavy atom. The van der Waals surface area contributed by atoms with Crippen molar-refractivity contribution in [3.8, 4) is 0 Å². The van der Waals surface area contributed by atoms with Crippen molar-refractivity contribution in [1.82, 2.24) is 4.90 Å². The molecule has 1 heterocycles. The number of hydrogen-bond donors (Lipinski definition) is 2. The SMILES string of the molecule is C[C@@H]1C[C@H](C)CN([C@@H](C)C(=O)Nc2ccc(C(N)=O)cc2)C1. The second-order valence-electron chi connectivity index (χ2n) is 6.51. The molecule has 1 fully saturated rings. The molecule has 3 N–H and O–H groups in total. The van der Waals surface area contributed by atoms with Gasteiger partial charge in [-0.05, 0) is 49.4 Å². The largest absolute Gasteiger partial charge is 0.366 e. The van der Waals surface area contributed by atoms with Gasteiger partial charge in [0, 0.05) is 24.3 Å². The molecule has 2 rings (SSSR count). The Labute approximate surface area is 131 Å². The Morgan fingerprint density at radius 3 is 2.23 bits per heavy atom. The fraction of sp³-hybridized carbons (Fsp3) is 0.529. The minimum absolute atomic E-state index is 0.0203. The first-order chi connectivity index (χ1) is 10.4. The van der Waals surface area contributed by atoms with Crippen molar-refractivity contribution in [2.75, 3.05) is 18.4 Å². The van der Waals surface area contributed by atoms with Crippen LogP contribution in [0.2, 0.25) is 0 Å². The van der Waals surface area contributed by atoms with E-state index in [0.29, 0.717) is 23.1 Å². The second kappa shape index (κ2) is 6.92. The molecule has 1 aliphatic heterocycles. The molecule has 5 nitrogen and oxygen atoms in total. The summed E-state index contributed by atoms with van der Waals surface area (Å²) in [4.78, 5) is 25.7. The highest BCUT2D eigenvalue weighted by atomic mass is 16.2. The standard InChI is InChI=1S/C17H25N3O2/c1-11-8-12(2)10-20(9-11)13(3)17(22)19-15-6-4-14(5-7-15)16(18)21/h4-7,11-13H,8-10H2,1-3H3,(H2,18,21)(H,19,22)/t11-,12+,13-/m0/s1. The Hall–Kier alpha value is -1.88. The number of carbonyl (C=O) groups is 2. The number of hydrogen-bond acceptors (Lipinski definition) is 3. The van der Waals surface area contributed by atoms with Gasteiger partial charge >= 0.3 is 0 Å². The summed E-state index contributed by atoms with van der Waals surface area (Å²) in [6, 6.07) is 6.47. The van der Waals surface area contributed by atoms with E-state index in [1.54, 1.807) is 24.3 Å². The van der Waals surface area contributed by atoms with Crippen LogP contribution in [0.25, 0.3) is 0 Å². The average molecular weight is 303 g/mol. The number of rotatable bonds is 4. The van der Waals surface area contributed by atoms with Crippen molar-refractivity contribution in [2.24, 2.45) is 17.6 Å². The molecule has 3 atom stereocenters. The Morgan fingerprint density at radius 1 is 1.18 bits per heavy atom. The number of likely N-dealkylation sites (tertiary alicyclic amines) is 1. The molecular weight excluding hydrogens is 278 g/mol. The first-order valence-electron chi connectivity index (χ1n) is 7.81. The number of amides is 2.